The first-order chi connectivity index (χ1) is 14.5. The first kappa shape index (κ1) is 20.3. The fourth-order valence-corrected chi connectivity index (χ4v) is 4.06. The maximum Gasteiger partial charge on any atom is 0.252 e. The van der Waals surface area contributed by atoms with E-state index in [4.69, 9.17) is 0 Å². The Morgan fingerprint density at radius 1 is 1.17 bits per heavy atom. The van der Waals surface area contributed by atoms with Crippen molar-refractivity contribution < 1.29 is 4.79 Å². The molecule has 2 N–H and O–H groups in total. The van der Waals surface area contributed by atoms with Crippen LogP contribution in [0.5, 0.6) is 0 Å². The molecule has 3 heterocycles. The Labute approximate surface area is 176 Å². The summed E-state index contributed by atoms with van der Waals surface area (Å²) < 4.78 is 1.72. The van der Waals surface area contributed by atoms with Gasteiger partial charge in [0, 0.05) is 23.9 Å². The number of hydrogen-bond acceptors (Lipinski definition) is 6. The molecule has 0 saturated carbocycles. The molecular weight excluding hydrogens is 378 g/mol. The summed E-state index contributed by atoms with van der Waals surface area (Å²) in [6.07, 6.45) is 4.70. The number of carbonyl (C=O) groups excluding carboxylic acids is 1. The van der Waals surface area contributed by atoms with Gasteiger partial charge in [0.05, 0.1) is 11.4 Å². The van der Waals surface area contributed by atoms with Crippen LogP contribution >= 0.6 is 0 Å². The topological polar surface area (TPSA) is 87.4 Å². The van der Waals surface area contributed by atoms with Crippen molar-refractivity contribution in [2.24, 2.45) is 0 Å². The summed E-state index contributed by atoms with van der Waals surface area (Å²) >= 11 is 0. The van der Waals surface area contributed by atoms with Gasteiger partial charge in [0.1, 0.15) is 6.33 Å². The van der Waals surface area contributed by atoms with Gasteiger partial charge in [0.25, 0.3) is 5.78 Å². The second-order valence-corrected chi connectivity index (χ2v) is 8.05. The average Bonchev–Trinajstić information content (AvgIpc) is 3.19. The van der Waals surface area contributed by atoms with Crippen LogP contribution in [-0.2, 0) is 11.2 Å². The molecule has 0 radical (unpaired) electrons. The highest BCUT2D eigenvalue weighted by Crippen LogP contribution is 2.25. The summed E-state index contributed by atoms with van der Waals surface area (Å²) in [6, 6.07) is 8.37. The van der Waals surface area contributed by atoms with E-state index in [2.05, 4.69) is 37.6 Å². The maximum absolute atomic E-state index is 12.7. The molecule has 1 aliphatic rings. The number of benzene rings is 1. The lowest BCUT2D eigenvalue weighted by molar-refractivity contribution is -0.116. The molecule has 0 aliphatic carbocycles. The molecule has 1 saturated heterocycles. The number of hydrogen-bond donors (Lipinski definition) is 2. The fourth-order valence-electron chi connectivity index (χ4n) is 4.06. The number of nitrogens with zero attached hydrogens (tertiary/aromatic N) is 5. The highest BCUT2D eigenvalue weighted by atomic mass is 16.1. The van der Waals surface area contributed by atoms with Gasteiger partial charge in [-0.2, -0.15) is 10.1 Å². The van der Waals surface area contributed by atoms with Crippen LogP contribution in [0.4, 0.5) is 11.4 Å². The Hall–Kier alpha value is -3.00. The van der Waals surface area contributed by atoms with Crippen molar-refractivity contribution in [3.8, 4) is 0 Å². The normalized spacial score (nSPS) is 15.4. The van der Waals surface area contributed by atoms with Crippen molar-refractivity contribution in [3.63, 3.8) is 0 Å². The van der Waals surface area contributed by atoms with Crippen LogP contribution in [0.3, 0.4) is 0 Å². The van der Waals surface area contributed by atoms with Gasteiger partial charge in [0.2, 0.25) is 5.91 Å². The zero-order chi connectivity index (χ0) is 21.1. The van der Waals surface area contributed by atoms with E-state index in [-0.39, 0.29) is 5.91 Å². The number of fused-ring (bicyclic) bond motifs is 1. The van der Waals surface area contributed by atoms with Crippen molar-refractivity contribution >= 4 is 23.1 Å². The minimum absolute atomic E-state index is 0.00915. The average molecular weight is 408 g/mol. The molecule has 2 aromatic heterocycles. The van der Waals surface area contributed by atoms with E-state index < -0.39 is 0 Å². The first-order valence-corrected chi connectivity index (χ1v) is 10.5. The fraction of sp³-hybridized carbons (Fsp3) is 0.455. The summed E-state index contributed by atoms with van der Waals surface area (Å²) in [7, 11) is 2.16. The third-order valence-electron chi connectivity index (χ3n) is 5.87. The molecule has 1 amide bonds. The summed E-state index contributed by atoms with van der Waals surface area (Å²) in [4.78, 5) is 23.7. The number of piperidine rings is 1. The number of anilines is 2. The van der Waals surface area contributed by atoms with Crippen molar-refractivity contribution in [1.29, 1.82) is 0 Å². The molecule has 158 valence electrons. The molecule has 0 atom stereocenters. The third-order valence-corrected chi connectivity index (χ3v) is 5.87. The molecule has 0 unspecified atom stereocenters. The van der Waals surface area contributed by atoms with E-state index >= 15 is 0 Å². The van der Waals surface area contributed by atoms with Crippen molar-refractivity contribution in [2.45, 2.75) is 45.6 Å². The number of nitrogens with one attached hydrogen (secondary N) is 2. The Morgan fingerprint density at radius 3 is 2.67 bits per heavy atom. The van der Waals surface area contributed by atoms with Gasteiger partial charge in [-0.3, -0.25) is 4.79 Å². The van der Waals surface area contributed by atoms with Crippen LogP contribution in [0.15, 0.2) is 30.6 Å². The van der Waals surface area contributed by atoms with Crippen molar-refractivity contribution in [3.05, 3.63) is 47.5 Å². The predicted octanol–water partition coefficient (Wildman–Crippen LogP) is 2.82. The number of aryl methyl sites for hydroxylation is 2. The molecule has 1 fully saturated rings. The van der Waals surface area contributed by atoms with Crippen LogP contribution in [0.2, 0.25) is 0 Å². The van der Waals surface area contributed by atoms with E-state index in [1.165, 1.54) is 6.33 Å². The molecule has 8 nitrogen and oxygen atoms in total. The van der Waals surface area contributed by atoms with Gasteiger partial charge in [-0.25, -0.2) is 9.50 Å². The summed E-state index contributed by atoms with van der Waals surface area (Å²) in [6.45, 7) is 6.13. The molecule has 0 bridgehead atoms. The second kappa shape index (κ2) is 8.79. The molecule has 8 heteroatoms. The first-order valence-electron chi connectivity index (χ1n) is 10.5. The molecule has 30 heavy (non-hydrogen) atoms. The number of rotatable bonds is 6. The maximum atomic E-state index is 12.7. The summed E-state index contributed by atoms with van der Waals surface area (Å²) in [5, 5.41) is 10.9. The van der Waals surface area contributed by atoms with Crippen LogP contribution in [0, 0.1) is 13.8 Å². The third kappa shape index (κ3) is 4.43. The zero-order valence-electron chi connectivity index (χ0n) is 17.9. The number of amides is 1. The van der Waals surface area contributed by atoms with Gasteiger partial charge in [0.15, 0.2) is 0 Å². The summed E-state index contributed by atoms with van der Waals surface area (Å²) in [5.74, 6) is 0.581. The van der Waals surface area contributed by atoms with Gasteiger partial charge in [-0.05, 0) is 70.9 Å². The Balaban J connectivity index is 1.40. The van der Waals surface area contributed by atoms with Crippen LogP contribution in [-0.4, -0.2) is 56.6 Å². The van der Waals surface area contributed by atoms with Crippen LogP contribution < -0.4 is 10.6 Å². The lowest BCUT2D eigenvalue weighted by atomic mass is 10.0. The van der Waals surface area contributed by atoms with Gasteiger partial charge >= 0.3 is 0 Å². The van der Waals surface area contributed by atoms with E-state index in [0.29, 0.717) is 24.7 Å². The minimum atomic E-state index is -0.00915. The van der Waals surface area contributed by atoms with Gasteiger partial charge in [-0.1, -0.05) is 12.1 Å². The standard InChI is InChI=1S/C22H29N7O/c1-15-18(16(2)29-22(25-15)23-14-24-29)8-9-21(30)27-20-7-5-4-6-19(20)26-17-10-12-28(3)13-11-17/h4-7,14,17,26H,8-13H2,1-3H3,(H,27,30). The lowest BCUT2D eigenvalue weighted by Crippen LogP contribution is -2.36. The van der Waals surface area contributed by atoms with Gasteiger partial charge < -0.3 is 15.5 Å². The second-order valence-electron chi connectivity index (χ2n) is 8.05. The SMILES string of the molecule is Cc1nc2ncnn2c(C)c1CCC(=O)Nc1ccccc1NC1CCN(C)CC1. The highest BCUT2D eigenvalue weighted by Gasteiger charge is 2.18. The van der Waals surface area contributed by atoms with Crippen LogP contribution in [0.1, 0.15) is 36.2 Å². The zero-order valence-corrected chi connectivity index (χ0v) is 17.9. The van der Waals surface area contributed by atoms with E-state index in [1.54, 1.807) is 4.52 Å². The molecule has 4 rings (SSSR count). The molecule has 0 spiro atoms. The monoisotopic (exact) mass is 407 g/mol. The molecule has 3 aromatic rings. The number of para-hydroxylation sites is 2. The highest BCUT2D eigenvalue weighted by molar-refractivity contribution is 5.94. The molecular formula is C22H29N7O. The number of carbonyl (C=O) groups is 1. The van der Waals surface area contributed by atoms with Crippen molar-refractivity contribution in [2.75, 3.05) is 30.8 Å². The van der Waals surface area contributed by atoms with Crippen molar-refractivity contribution in [1.82, 2.24) is 24.5 Å². The summed E-state index contributed by atoms with van der Waals surface area (Å²) in [5.41, 5.74) is 4.73. The number of likely N-dealkylation sites (tertiary alicyclic amines) is 1. The van der Waals surface area contributed by atoms with Gasteiger partial charge in [-0.15, -0.1) is 0 Å². The van der Waals surface area contributed by atoms with E-state index in [9.17, 15) is 4.79 Å². The van der Waals surface area contributed by atoms with E-state index in [0.717, 1.165) is 54.3 Å². The Kier molecular flexibility index (Phi) is 5.94. The lowest BCUT2D eigenvalue weighted by Gasteiger charge is -2.30. The largest absolute Gasteiger partial charge is 0.381 e. The Bertz CT molecular complexity index is 1040. The van der Waals surface area contributed by atoms with E-state index in [1.807, 2.05) is 38.1 Å². The predicted molar refractivity (Wildman–Crippen MR) is 118 cm³/mol. The quantitative estimate of drug-likeness (QED) is 0.653. The molecule has 1 aromatic carbocycles. The Morgan fingerprint density at radius 2 is 1.90 bits per heavy atom. The smallest absolute Gasteiger partial charge is 0.252 e. The minimum Gasteiger partial charge on any atom is -0.381 e. The van der Waals surface area contributed by atoms with Crippen LogP contribution in [0.25, 0.3) is 5.78 Å². The molecule has 1 aliphatic heterocycles. The number of aromatic nitrogens is 4.